The van der Waals surface area contributed by atoms with Gasteiger partial charge < -0.3 is 5.32 Å². The quantitative estimate of drug-likeness (QED) is 0.163. The predicted octanol–water partition coefficient (Wildman–Crippen LogP) is 8.68. The maximum absolute atomic E-state index is 14.1. The average Bonchev–Trinajstić information content (AvgIpc) is 3.16. The molecular weight excluding hydrogens is 654 g/mol. The lowest BCUT2D eigenvalue weighted by Crippen LogP contribution is -2.33. The number of aryl methyl sites for hydroxylation is 1. The number of anilines is 1. The van der Waals surface area contributed by atoms with Gasteiger partial charge in [0.15, 0.2) is 5.78 Å². The van der Waals surface area contributed by atoms with E-state index in [-0.39, 0.29) is 59.6 Å². The Bertz CT molecular complexity index is 1560. The van der Waals surface area contributed by atoms with Crippen LogP contribution in [-0.2, 0) is 6.42 Å². The van der Waals surface area contributed by atoms with Gasteiger partial charge in [0.2, 0.25) is 0 Å². The second-order valence-electron chi connectivity index (χ2n) is 10.8. The first-order valence-electron chi connectivity index (χ1n) is 14.1. The Morgan fingerprint density at radius 1 is 1.14 bits per heavy atom. The zero-order chi connectivity index (χ0) is 32.4. The van der Waals surface area contributed by atoms with E-state index >= 15 is 0 Å². The molecule has 1 saturated carbocycles. The van der Waals surface area contributed by atoms with Gasteiger partial charge in [0.05, 0.1) is 22.7 Å². The van der Waals surface area contributed by atoms with E-state index in [1.165, 1.54) is 24.3 Å². The number of carbonyl (C=O) groups is 2. The molecule has 2 aliphatic carbocycles. The SMILES string of the molecule is CCC1CCC1C(=O)c1cc(Br)cc(C)c1NC(=O)c1cc(CCN=C(C)C(F)(F)F)nn1C1=CCC=CC=C1C(F)(F)F. The van der Waals surface area contributed by atoms with E-state index in [1.54, 1.807) is 19.1 Å². The van der Waals surface area contributed by atoms with Gasteiger partial charge in [-0.3, -0.25) is 14.6 Å². The minimum Gasteiger partial charge on any atom is -0.320 e. The zero-order valence-electron chi connectivity index (χ0n) is 24.2. The number of benzene rings is 1. The molecule has 4 rings (SSSR count). The summed E-state index contributed by atoms with van der Waals surface area (Å²) < 4.78 is 82.5. The summed E-state index contributed by atoms with van der Waals surface area (Å²) in [7, 11) is 0. The fourth-order valence-electron chi connectivity index (χ4n) is 5.27. The maximum atomic E-state index is 14.1. The third kappa shape index (κ3) is 7.41. The molecule has 2 unspecified atom stereocenters. The summed E-state index contributed by atoms with van der Waals surface area (Å²) in [6, 6.07) is 4.55. The molecule has 0 saturated heterocycles. The van der Waals surface area contributed by atoms with Crippen LogP contribution in [0.3, 0.4) is 0 Å². The van der Waals surface area contributed by atoms with Crippen molar-refractivity contribution < 1.29 is 35.9 Å². The van der Waals surface area contributed by atoms with E-state index in [0.29, 0.717) is 10.0 Å². The van der Waals surface area contributed by atoms with Crippen molar-refractivity contribution in [3.05, 3.63) is 75.1 Å². The monoisotopic (exact) mass is 684 g/mol. The van der Waals surface area contributed by atoms with E-state index in [4.69, 9.17) is 0 Å². The zero-order valence-corrected chi connectivity index (χ0v) is 25.8. The summed E-state index contributed by atoms with van der Waals surface area (Å²) in [6.45, 7) is 4.17. The highest BCUT2D eigenvalue weighted by atomic mass is 79.9. The first kappa shape index (κ1) is 33.4. The number of carbonyl (C=O) groups excluding carboxylic acids is 2. The highest BCUT2D eigenvalue weighted by Crippen LogP contribution is 2.41. The Morgan fingerprint density at radius 3 is 2.48 bits per heavy atom. The van der Waals surface area contributed by atoms with Crippen molar-refractivity contribution in [2.75, 3.05) is 11.9 Å². The summed E-state index contributed by atoms with van der Waals surface area (Å²) in [6.07, 6.45) is -2.10. The molecule has 1 N–H and O–H groups in total. The number of ketones is 1. The summed E-state index contributed by atoms with van der Waals surface area (Å²) in [5.41, 5.74) is -1.66. The summed E-state index contributed by atoms with van der Waals surface area (Å²) >= 11 is 3.41. The molecule has 2 atom stereocenters. The Kier molecular flexibility index (Phi) is 10.1. The number of rotatable bonds is 9. The van der Waals surface area contributed by atoms with Crippen LogP contribution >= 0.6 is 15.9 Å². The Balaban J connectivity index is 1.75. The smallest absolute Gasteiger partial charge is 0.320 e. The van der Waals surface area contributed by atoms with Gasteiger partial charge in [0.25, 0.3) is 5.91 Å². The molecule has 1 aromatic carbocycles. The van der Waals surface area contributed by atoms with Gasteiger partial charge in [0.1, 0.15) is 11.4 Å². The van der Waals surface area contributed by atoms with Crippen molar-refractivity contribution in [1.29, 1.82) is 0 Å². The van der Waals surface area contributed by atoms with Crippen molar-refractivity contribution in [3.8, 4) is 0 Å². The molecule has 0 spiro atoms. The molecule has 1 heterocycles. The fourth-order valence-corrected chi connectivity index (χ4v) is 5.84. The number of nitrogens with one attached hydrogen (secondary N) is 1. The maximum Gasteiger partial charge on any atom is 0.428 e. The first-order valence-corrected chi connectivity index (χ1v) is 14.9. The number of nitrogens with zero attached hydrogens (tertiary/aromatic N) is 3. The highest BCUT2D eigenvalue weighted by molar-refractivity contribution is 9.10. The van der Waals surface area contributed by atoms with Gasteiger partial charge >= 0.3 is 12.4 Å². The van der Waals surface area contributed by atoms with Crippen LogP contribution in [0.2, 0.25) is 0 Å². The number of amides is 1. The number of halogens is 7. The lowest BCUT2D eigenvalue weighted by Gasteiger charge is -2.35. The van der Waals surface area contributed by atoms with Crippen LogP contribution in [0.4, 0.5) is 32.0 Å². The Morgan fingerprint density at radius 2 is 1.86 bits per heavy atom. The Labute approximate surface area is 259 Å². The number of hydrogen-bond acceptors (Lipinski definition) is 4. The topological polar surface area (TPSA) is 76.3 Å². The van der Waals surface area contributed by atoms with Crippen LogP contribution in [0.25, 0.3) is 5.70 Å². The first-order chi connectivity index (χ1) is 20.6. The summed E-state index contributed by atoms with van der Waals surface area (Å²) in [4.78, 5) is 30.9. The highest BCUT2D eigenvalue weighted by Gasteiger charge is 2.39. The van der Waals surface area contributed by atoms with Gasteiger partial charge in [-0.05, 0) is 68.9 Å². The summed E-state index contributed by atoms with van der Waals surface area (Å²) in [5.74, 6) is -0.945. The minimum absolute atomic E-state index is 0.0672. The second kappa shape index (κ2) is 13.3. The van der Waals surface area contributed by atoms with Crippen LogP contribution in [0.15, 0.2) is 57.5 Å². The largest absolute Gasteiger partial charge is 0.428 e. The molecule has 0 bridgehead atoms. The fraction of sp³-hybridized carbons (Fsp3) is 0.419. The standard InChI is InChI=1S/C31H31BrF6N4O2/c1-4-19-10-11-22(19)28(43)23-15-20(32)14-17(2)27(23)40-29(44)26-16-21(12-13-39-18(3)30(33,34)35)41-42(26)25-9-7-5-6-8-24(25)31(36,37)38/h5-6,8-9,14-16,19,22H,4,7,10-13H2,1-3H3,(H,40,44). The van der Waals surface area contributed by atoms with E-state index in [1.807, 2.05) is 6.92 Å². The number of aliphatic imine (C=N–C) groups is 1. The molecule has 2 aromatic rings. The minimum atomic E-state index is -4.80. The molecule has 13 heteroatoms. The van der Waals surface area contributed by atoms with Crippen molar-refractivity contribution in [3.63, 3.8) is 0 Å². The number of alkyl halides is 6. The lowest BCUT2D eigenvalue weighted by molar-refractivity contribution is -0.0876. The second-order valence-corrected chi connectivity index (χ2v) is 11.7. The van der Waals surface area contributed by atoms with Crippen LogP contribution in [0.1, 0.15) is 71.6 Å². The van der Waals surface area contributed by atoms with Crippen LogP contribution in [0.5, 0.6) is 0 Å². The molecule has 0 radical (unpaired) electrons. The van der Waals surface area contributed by atoms with Crippen molar-refractivity contribution in [1.82, 2.24) is 9.78 Å². The third-order valence-corrected chi connectivity index (χ3v) is 8.32. The van der Waals surface area contributed by atoms with E-state index in [2.05, 4.69) is 31.3 Å². The van der Waals surface area contributed by atoms with Gasteiger partial charge in [-0.1, -0.05) is 47.5 Å². The number of Topliss-reactive ketones (excluding diaryl/α,β-unsaturated/α-hetero) is 1. The van der Waals surface area contributed by atoms with E-state index in [0.717, 1.165) is 36.9 Å². The molecule has 0 aliphatic heterocycles. The van der Waals surface area contributed by atoms with E-state index in [9.17, 15) is 35.9 Å². The van der Waals surface area contributed by atoms with Gasteiger partial charge in [-0.2, -0.15) is 31.4 Å². The molecular formula is C31H31BrF6N4O2. The van der Waals surface area contributed by atoms with Crippen molar-refractivity contribution >= 4 is 44.7 Å². The van der Waals surface area contributed by atoms with Crippen LogP contribution < -0.4 is 5.32 Å². The molecule has 1 fully saturated rings. The van der Waals surface area contributed by atoms with Crippen molar-refractivity contribution in [2.24, 2.45) is 16.8 Å². The van der Waals surface area contributed by atoms with Crippen molar-refractivity contribution in [2.45, 2.75) is 65.2 Å². The predicted molar refractivity (Wildman–Crippen MR) is 160 cm³/mol. The third-order valence-electron chi connectivity index (χ3n) is 7.86. The molecule has 2 aliphatic rings. The molecule has 6 nitrogen and oxygen atoms in total. The molecule has 1 aromatic heterocycles. The molecule has 44 heavy (non-hydrogen) atoms. The summed E-state index contributed by atoms with van der Waals surface area (Å²) in [5, 5.41) is 6.95. The van der Waals surface area contributed by atoms with Crippen LogP contribution in [-0.4, -0.2) is 46.1 Å². The Hall–Kier alpha value is -3.48. The van der Waals surface area contributed by atoms with Gasteiger partial charge in [0, 0.05) is 28.9 Å². The average molecular weight is 686 g/mol. The number of hydrogen-bond donors (Lipinski definition) is 1. The van der Waals surface area contributed by atoms with Gasteiger partial charge in [-0.15, -0.1) is 0 Å². The number of allylic oxidation sites excluding steroid dienone is 6. The van der Waals surface area contributed by atoms with E-state index < -0.39 is 35.2 Å². The number of aromatic nitrogens is 2. The lowest BCUT2D eigenvalue weighted by atomic mass is 9.68. The van der Waals surface area contributed by atoms with Crippen LogP contribution in [0, 0.1) is 18.8 Å². The normalized spacial score (nSPS) is 19.2. The molecule has 1 amide bonds. The van der Waals surface area contributed by atoms with Gasteiger partial charge in [-0.25, -0.2) is 4.68 Å². The molecule has 236 valence electrons.